The van der Waals surface area contributed by atoms with E-state index in [0.29, 0.717) is 10.1 Å². The fourth-order valence-electron chi connectivity index (χ4n) is 0.636. The van der Waals surface area contributed by atoms with E-state index in [0.717, 1.165) is 0 Å². The molecular weight excluding hydrogens is 238 g/mol. The monoisotopic (exact) mass is 240 g/mol. The third-order valence-electron chi connectivity index (χ3n) is 1.21. The van der Waals surface area contributed by atoms with Gasteiger partial charge in [-0.1, -0.05) is 58.6 Å². The third kappa shape index (κ3) is 2.30. The second-order valence-corrected chi connectivity index (χ2v) is 3.61. The molecule has 0 bridgehead atoms. The zero-order valence-corrected chi connectivity index (χ0v) is 8.84. The Bertz CT molecular complexity index is 275. The van der Waals surface area contributed by atoms with Crippen LogP contribution < -0.4 is 0 Å². The number of hydrogen-bond acceptors (Lipinski definition) is 0. The van der Waals surface area contributed by atoms with Gasteiger partial charge in [0, 0.05) is 0 Å². The minimum absolute atomic E-state index is 0.268. The van der Waals surface area contributed by atoms with E-state index in [2.05, 4.69) is 0 Å². The SMILES string of the molecule is ClC1=C(Cl)/C(Cl)=C(Cl)\C=C/C=C\1. The van der Waals surface area contributed by atoms with Gasteiger partial charge in [-0.3, -0.25) is 0 Å². The zero-order valence-electron chi connectivity index (χ0n) is 5.82. The maximum absolute atomic E-state index is 5.78. The Hall–Kier alpha value is 0.120. The van der Waals surface area contributed by atoms with Crippen LogP contribution in [-0.4, -0.2) is 0 Å². The lowest BCUT2D eigenvalue weighted by Crippen LogP contribution is -1.81. The molecule has 1 rings (SSSR count). The minimum Gasteiger partial charge on any atom is -0.0827 e. The largest absolute Gasteiger partial charge is 0.0827 e. The van der Waals surface area contributed by atoms with Crippen molar-refractivity contribution in [3.8, 4) is 0 Å². The molecule has 12 heavy (non-hydrogen) atoms. The van der Waals surface area contributed by atoms with E-state index in [-0.39, 0.29) is 10.1 Å². The Morgan fingerprint density at radius 1 is 0.667 bits per heavy atom. The van der Waals surface area contributed by atoms with E-state index >= 15 is 0 Å². The topological polar surface area (TPSA) is 0 Å². The summed E-state index contributed by atoms with van der Waals surface area (Å²) in [6.07, 6.45) is 6.76. The van der Waals surface area contributed by atoms with Gasteiger partial charge in [0.1, 0.15) is 0 Å². The first-order chi connectivity index (χ1) is 5.63. The Labute approximate surface area is 90.7 Å². The molecular formula is C8H4Cl4. The summed E-state index contributed by atoms with van der Waals surface area (Å²) in [5, 5.41) is 1.29. The lowest BCUT2D eigenvalue weighted by Gasteiger charge is -2.01. The van der Waals surface area contributed by atoms with Crippen LogP contribution in [0.5, 0.6) is 0 Å². The number of allylic oxidation sites excluding steroid dienone is 8. The molecule has 0 unspecified atom stereocenters. The van der Waals surface area contributed by atoms with Crippen LogP contribution >= 0.6 is 46.4 Å². The Morgan fingerprint density at radius 3 is 1.33 bits per heavy atom. The van der Waals surface area contributed by atoms with Gasteiger partial charge < -0.3 is 0 Å². The van der Waals surface area contributed by atoms with Crippen LogP contribution in [0.25, 0.3) is 0 Å². The molecule has 1 aliphatic rings. The van der Waals surface area contributed by atoms with E-state index in [9.17, 15) is 0 Å². The highest BCUT2D eigenvalue weighted by Crippen LogP contribution is 2.31. The van der Waals surface area contributed by atoms with Crippen LogP contribution in [0.15, 0.2) is 44.4 Å². The van der Waals surface area contributed by atoms with Crippen LogP contribution in [0.2, 0.25) is 0 Å². The van der Waals surface area contributed by atoms with Crippen LogP contribution in [0.1, 0.15) is 0 Å². The predicted octanol–water partition coefficient (Wildman–Crippen LogP) is 4.49. The van der Waals surface area contributed by atoms with Crippen molar-refractivity contribution < 1.29 is 0 Å². The smallest absolute Gasteiger partial charge is 0.0793 e. The van der Waals surface area contributed by atoms with Gasteiger partial charge in [0.15, 0.2) is 0 Å². The van der Waals surface area contributed by atoms with Gasteiger partial charge in [-0.05, 0) is 12.2 Å². The molecule has 1 aliphatic carbocycles. The molecule has 0 amide bonds. The number of halogens is 4. The standard InChI is InChI=1S/C8H4Cl4/c9-5-3-1-2-4-6(10)8(12)7(5)11/h1-4H/b2-1?,3-1-,4-2-,5-3?,6-4?,7-5-,8-6-,8-7?. The molecule has 0 heterocycles. The van der Waals surface area contributed by atoms with Crippen LogP contribution in [-0.2, 0) is 0 Å². The molecule has 0 fully saturated rings. The summed E-state index contributed by atoms with van der Waals surface area (Å²) < 4.78 is 0. The van der Waals surface area contributed by atoms with E-state index in [4.69, 9.17) is 46.4 Å². The molecule has 0 radical (unpaired) electrons. The van der Waals surface area contributed by atoms with Crippen LogP contribution in [0.3, 0.4) is 0 Å². The Kier molecular flexibility index (Phi) is 3.73. The minimum atomic E-state index is 0.268. The second kappa shape index (κ2) is 4.38. The van der Waals surface area contributed by atoms with E-state index in [1.165, 1.54) is 0 Å². The van der Waals surface area contributed by atoms with Crippen molar-refractivity contribution in [2.75, 3.05) is 0 Å². The van der Waals surface area contributed by atoms with Gasteiger partial charge in [0.05, 0.1) is 20.1 Å². The molecule has 4 heteroatoms. The van der Waals surface area contributed by atoms with Crippen molar-refractivity contribution in [2.24, 2.45) is 0 Å². The van der Waals surface area contributed by atoms with Crippen molar-refractivity contribution >= 4 is 46.4 Å². The summed E-state index contributed by atoms with van der Waals surface area (Å²) >= 11 is 23.1. The first kappa shape index (κ1) is 10.2. The molecule has 0 saturated heterocycles. The number of rotatable bonds is 0. The maximum atomic E-state index is 5.78. The summed E-state index contributed by atoms with van der Waals surface area (Å²) in [6, 6.07) is 0. The van der Waals surface area contributed by atoms with E-state index in [1.54, 1.807) is 24.3 Å². The lowest BCUT2D eigenvalue weighted by molar-refractivity contribution is 1.66. The summed E-state index contributed by atoms with van der Waals surface area (Å²) in [6.45, 7) is 0. The molecule has 0 N–H and O–H groups in total. The average molecular weight is 242 g/mol. The Morgan fingerprint density at radius 2 is 1.00 bits per heavy atom. The molecule has 0 aromatic heterocycles. The lowest BCUT2D eigenvalue weighted by atomic mass is 10.3. The highest BCUT2D eigenvalue weighted by Gasteiger charge is 2.08. The molecule has 64 valence electrons. The van der Waals surface area contributed by atoms with E-state index < -0.39 is 0 Å². The van der Waals surface area contributed by atoms with Gasteiger partial charge in [-0.2, -0.15) is 0 Å². The highest BCUT2D eigenvalue weighted by molar-refractivity contribution is 6.51. The second-order valence-electron chi connectivity index (χ2n) is 2.04. The van der Waals surface area contributed by atoms with Gasteiger partial charge in [-0.15, -0.1) is 0 Å². The molecule has 0 nitrogen and oxygen atoms in total. The highest BCUT2D eigenvalue weighted by atomic mass is 35.5. The normalized spacial score (nSPS) is 35.7. The van der Waals surface area contributed by atoms with Crippen molar-refractivity contribution in [2.45, 2.75) is 0 Å². The predicted molar refractivity (Wildman–Crippen MR) is 55.7 cm³/mol. The fraction of sp³-hybridized carbons (Fsp3) is 0. The quantitative estimate of drug-likeness (QED) is 0.586. The van der Waals surface area contributed by atoms with Crippen molar-refractivity contribution in [3.63, 3.8) is 0 Å². The number of hydrogen-bond donors (Lipinski definition) is 0. The van der Waals surface area contributed by atoms with Gasteiger partial charge in [-0.25, -0.2) is 0 Å². The summed E-state index contributed by atoms with van der Waals surface area (Å²) in [5.74, 6) is 0. The van der Waals surface area contributed by atoms with Gasteiger partial charge in [0.2, 0.25) is 0 Å². The summed E-state index contributed by atoms with van der Waals surface area (Å²) in [5.41, 5.74) is 0. The van der Waals surface area contributed by atoms with Crippen molar-refractivity contribution in [3.05, 3.63) is 44.4 Å². The third-order valence-corrected chi connectivity index (χ3v) is 2.91. The fourth-order valence-corrected chi connectivity index (χ4v) is 1.40. The average Bonchev–Trinajstić information content (AvgIpc) is 2.07. The van der Waals surface area contributed by atoms with Gasteiger partial charge >= 0.3 is 0 Å². The first-order valence-electron chi connectivity index (χ1n) is 3.08. The van der Waals surface area contributed by atoms with Crippen LogP contribution in [0.4, 0.5) is 0 Å². The zero-order chi connectivity index (χ0) is 9.14. The molecule has 0 aliphatic heterocycles. The van der Waals surface area contributed by atoms with Gasteiger partial charge in [0.25, 0.3) is 0 Å². The first-order valence-corrected chi connectivity index (χ1v) is 4.60. The molecule has 0 spiro atoms. The maximum Gasteiger partial charge on any atom is 0.0793 e. The molecule has 0 saturated carbocycles. The molecule has 0 aromatic carbocycles. The van der Waals surface area contributed by atoms with E-state index in [1.807, 2.05) is 0 Å². The van der Waals surface area contributed by atoms with Crippen LogP contribution in [0, 0.1) is 0 Å². The Balaban J connectivity index is 3.21. The molecule has 0 aromatic rings. The summed E-state index contributed by atoms with van der Waals surface area (Å²) in [4.78, 5) is 0. The van der Waals surface area contributed by atoms with Crippen molar-refractivity contribution in [1.82, 2.24) is 0 Å². The van der Waals surface area contributed by atoms with Crippen molar-refractivity contribution in [1.29, 1.82) is 0 Å². The summed E-state index contributed by atoms with van der Waals surface area (Å²) in [7, 11) is 0. The molecule has 0 atom stereocenters.